The molecule has 0 atom stereocenters. The van der Waals surface area contributed by atoms with Gasteiger partial charge < -0.3 is 9.84 Å². The zero-order chi connectivity index (χ0) is 12.3. The third-order valence-corrected chi connectivity index (χ3v) is 2.64. The molecule has 0 aliphatic carbocycles. The Kier molecular flexibility index (Phi) is 3.50. The maximum absolute atomic E-state index is 9.11. The normalized spacial score (nSPS) is 10.5. The topological polar surface area (TPSA) is 76.0 Å². The van der Waals surface area contributed by atoms with Gasteiger partial charge in [-0.25, -0.2) is 4.98 Å². The van der Waals surface area contributed by atoms with Crippen LogP contribution < -0.4 is 4.74 Å². The van der Waals surface area contributed by atoms with E-state index in [0.717, 1.165) is 5.56 Å². The highest BCUT2D eigenvalue weighted by Gasteiger charge is 2.05. The molecule has 2 N–H and O–H groups in total. The summed E-state index contributed by atoms with van der Waals surface area (Å²) in [5.41, 5.74) is 0.956. The first-order valence-corrected chi connectivity index (χ1v) is 5.39. The van der Waals surface area contributed by atoms with Gasteiger partial charge in [-0.1, -0.05) is 6.07 Å². The smallest absolute Gasteiger partial charge is 0.212 e. The van der Waals surface area contributed by atoms with Gasteiger partial charge in [-0.2, -0.15) is 5.10 Å². The molecule has 2 rings (SSSR count). The highest BCUT2D eigenvalue weighted by Crippen LogP contribution is 2.09. The van der Waals surface area contributed by atoms with Gasteiger partial charge in [0.1, 0.15) is 6.61 Å². The Hall–Kier alpha value is -1.73. The number of methoxy groups -OCH3 is 1. The molecule has 0 radical (unpaired) electrons. The van der Waals surface area contributed by atoms with Gasteiger partial charge in [-0.05, 0) is 17.8 Å². The molecule has 0 saturated carbocycles. The number of aliphatic hydroxyl groups is 1. The summed E-state index contributed by atoms with van der Waals surface area (Å²) in [5.74, 6) is 1.07. The van der Waals surface area contributed by atoms with Crippen LogP contribution in [0, 0.1) is 4.77 Å². The molecule has 90 valence electrons. The van der Waals surface area contributed by atoms with Crippen LogP contribution in [0.4, 0.5) is 0 Å². The van der Waals surface area contributed by atoms with Crippen LogP contribution >= 0.6 is 12.2 Å². The van der Waals surface area contributed by atoms with E-state index in [4.69, 9.17) is 22.1 Å². The van der Waals surface area contributed by atoms with E-state index in [1.54, 1.807) is 23.9 Å². The Labute approximate surface area is 103 Å². The lowest BCUT2D eigenvalue weighted by Gasteiger charge is -2.05. The van der Waals surface area contributed by atoms with Crippen LogP contribution in [0.5, 0.6) is 5.88 Å². The zero-order valence-corrected chi connectivity index (χ0v) is 10.1. The molecule has 0 saturated heterocycles. The summed E-state index contributed by atoms with van der Waals surface area (Å²) >= 11 is 5.08. The van der Waals surface area contributed by atoms with Gasteiger partial charge >= 0.3 is 0 Å². The number of aromatic amines is 1. The van der Waals surface area contributed by atoms with Crippen LogP contribution in [0.3, 0.4) is 0 Å². The lowest BCUT2D eigenvalue weighted by molar-refractivity contribution is 0.265. The average molecular weight is 252 g/mol. The van der Waals surface area contributed by atoms with E-state index in [1.165, 1.54) is 0 Å². The number of ether oxygens (including phenoxy) is 1. The fourth-order valence-corrected chi connectivity index (χ4v) is 1.66. The molecule has 17 heavy (non-hydrogen) atoms. The summed E-state index contributed by atoms with van der Waals surface area (Å²) in [7, 11) is 1.57. The van der Waals surface area contributed by atoms with Crippen LogP contribution in [0.2, 0.25) is 0 Å². The summed E-state index contributed by atoms with van der Waals surface area (Å²) in [4.78, 5) is 4.10. The number of nitrogens with one attached hydrogen (secondary N) is 1. The van der Waals surface area contributed by atoms with E-state index in [-0.39, 0.29) is 6.61 Å². The Balaban J connectivity index is 2.24. The van der Waals surface area contributed by atoms with Crippen LogP contribution in [0.1, 0.15) is 11.4 Å². The number of rotatable bonds is 4. The number of nitrogens with zero attached hydrogens (tertiary/aromatic N) is 3. The van der Waals surface area contributed by atoms with Gasteiger partial charge in [0.25, 0.3) is 0 Å². The minimum Gasteiger partial charge on any atom is -0.481 e. The fraction of sp³-hybridized carbons (Fsp3) is 0.300. The van der Waals surface area contributed by atoms with E-state index in [2.05, 4.69) is 15.2 Å². The van der Waals surface area contributed by atoms with Crippen molar-refractivity contribution in [2.75, 3.05) is 7.11 Å². The monoisotopic (exact) mass is 252 g/mol. The lowest BCUT2D eigenvalue weighted by atomic mass is 10.3. The van der Waals surface area contributed by atoms with Gasteiger partial charge in [-0.15, -0.1) is 0 Å². The van der Waals surface area contributed by atoms with Crippen molar-refractivity contribution in [1.82, 2.24) is 19.7 Å². The summed E-state index contributed by atoms with van der Waals surface area (Å²) in [5, 5.41) is 15.7. The first-order chi connectivity index (χ1) is 8.24. The molecule has 7 heteroatoms. The maximum atomic E-state index is 9.11. The molecule has 0 aromatic carbocycles. The first kappa shape index (κ1) is 11.7. The van der Waals surface area contributed by atoms with Crippen molar-refractivity contribution >= 4 is 12.2 Å². The summed E-state index contributed by atoms with van der Waals surface area (Å²) in [6.45, 7) is 0.360. The number of H-pyrrole nitrogens is 1. The largest absolute Gasteiger partial charge is 0.481 e. The van der Waals surface area contributed by atoms with Gasteiger partial charge in [0.05, 0.1) is 13.7 Å². The molecule has 0 spiro atoms. The predicted octanol–water partition coefficient (Wildman–Crippen LogP) is 0.885. The number of pyridine rings is 1. The standard InChI is InChI=1S/C10H12N4O2S/c1-16-9-3-2-7(4-11-9)5-14-8(6-15)12-13-10(14)17/h2-4,15H,5-6H2,1H3,(H,13,17). The van der Waals surface area contributed by atoms with E-state index < -0.39 is 0 Å². The Bertz CT molecular complexity index is 546. The number of aromatic nitrogens is 4. The van der Waals surface area contributed by atoms with Crippen LogP contribution in [0.15, 0.2) is 18.3 Å². The molecule has 0 aliphatic rings. The van der Waals surface area contributed by atoms with Crippen molar-refractivity contribution in [3.63, 3.8) is 0 Å². The molecule has 0 bridgehead atoms. The molecule has 0 fully saturated rings. The van der Waals surface area contributed by atoms with E-state index >= 15 is 0 Å². The fourth-order valence-electron chi connectivity index (χ4n) is 1.44. The maximum Gasteiger partial charge on any atom is 0.212 e. The van der Waals surface area contributed by atoms with Crippen molar-refractivity contribution in [2.24, 2.45) is 0 Å². The molecular formula is C10H12N4O2S. The summed E-state index contributed by atoms with van der Waals surface area (Å²) in [6.07, 6.45) is 1.70. The zero-order valence-electron chi connectivity index (χ0n) is 9.25. The SMILES string of the molecule is COc1ccc(Cn2c(CO)n[nH]c2=S)cn1. The second-order valence-corrected chi connectivity index (χ2v) is 3.78. The third-order valence-electron chi connectivity index (χ3n) is 2.33. The number of hydrogen-bond donors (Lipinski definition) is 2. The van der Waals surface area contributed by atoms with E-state index in [1.807, 2.05) is 6.07 Å². The highest BCUT2D eigenvalue weighted by molar-refractivity contribution is 7.71. The number of aliphatic hydroxyl groups excluding tert-OH is 1. The molecule has 0 aliphatic heterocycles. The first-order valence-electron chi connectivity index (χ1n) is 4.98. The van der Waals surface area contributed by atoms with Crippen molar-refractivity contribution < 1.29 is 9.84 Å². The van der Waals surface area contributed by atoms with Gasteiger partial charge in [0, 0.05) is 12.3 Å². The van der Waals surface area contributed by atoms with Crippen molar-refractivity contribution in [3.8, 4) is 5.88 Å². The lowest BCUT2D eigenvalue weighted by Crippen LogP contribution is -2.05. The van der Waals surface area contributed by atoms with Crippen LogP contribution in [-0.4, -0.2) is 32.0 Å². The van der Waals surface area contributed by atoms with Gasteiger partial charge in [0.15, 0.2) is 10.6 Å². The second kappa shape index (κ2) is 5.07. The molecule has 2 heterocycles. The van der Waals surface area contributed by atoms with E-state index in [9.17, 15) is 0 Å². The summed E-state index contributed by atoms with van der Waals surface area (Å²) < 4.78 is 7.17. The molecular weight excluding hydrogens is 240 g/mol. The van der Waals surface area contributed by atoms with Crippen LogP contribution in [0.25, 0.3) is 0 Å². The third kappa shape index (κ3) is 2.51. The van der Waals surface area contributed by atoms with Crippen molar-refractivity contribution in [1.29, 1.82) is 0 Å². The second-order valence-electron chi connectivity index (χ2n) is 3.40. The highest BCUT2D eigenvalue weighted by atomic mass is 32.1. The molecule has 2 aromatic heterocycles. The minimum absolute atomic E-state index is 0.156. The summed E-state index contributed by atoms with van der Waals surface area (Å²) in [6, 6.07) is 3.67. The molecule has 0 amide bonds. The van der Waals surface area contributed by atoms with Crippen LogP contribution in [-0.2, 0) is 13.2 Å². The quantitative estimate of drug-likeness (QED) is 0.790. The molecule has 0 unspecified atom stereocenters. The predicted molar refractivity (Wildman–Crippen MR) is 63.2 cm³/mol. The Morgan fingerprint density at radius 1 is 1.53 bits per heavy atom. The number of hydrogen-bond acceptors (Lipinski definition) is 5. The minimum atomic E-state index is -0.156. The average Bonchev–Trinajstić information content (AvgIpc) is 2.71. The van der Waals surface area contributed by atoms with Crippen molar-refractivity contribution in [3.05, 3.63) is 34.5 Å². The van der Waals surface area contributed by atoms with Gasteiger partial charge in [0.2, 0.25) is 5.88 Å². The Morgan fingerprint density at radius 3 is 2.94 bits per heavy atom. The van der Waals surface area contributed by atoms with Crippen molar-refractivity contribution in [2.45, 2.75) is 13.2 Å². The Morgan fingerprint density at radius 2 is 2.35 bits per heavy atom. The molecule has 6 nitrogen and oxygen atoms in total. The molecule has 2 aromatic rings. The van der Waals surface area contributed by atoms with E-state index in [0.29, 0.717) is 23.0 Å². The van der Waals surface area contributed by atoms with Gasteiger partial charge in [-0.3, -0.25) is 9.67 Å².